The van der Waals surface area contributed by atoms with Gasteiger partial charge in [-0.05, 0) is 18.9 Å². The highest BCUT2D eigenvalue weighted by Crippen LogP contribution is 2.51. The zero-order valence-corrected chi connectivity index (χ0v) is 13.1. The summed E-state index contributed by atoms with van der Waals surface area (Å²) in [5.74, 6) is 0.656. The van der Waals surface area contributed by atoms with Crippen molar-refractivity contribution in [2.45, 2.75) is 46.0 Å². The fraction of sp³-hybridized carbons (Fsp3) is 0.643. The van der Waals surface area contributed by atoms with Gasteiger partial charge in [0.05, 0.1) is 4.86 Å². The number of thiocarbonyl (C=S) groups is 1. The van der Waals surface area contributed by atoms with Crippen molar-refractivity contribution in [3.8, 4) is 0 Å². The summed E-state index contributed by atoms with van der Waals surface area (Å²) in [4.78, 5) is 0.769. The van der Waals surface area contributed by atoms with E-state index in [0.717, 1.165) is 37.0 Å². The van der Waals surface area contributed by atoms with Gasteiger partial charge in [0.15, 0.2) is 0 Å². The summed E-state index contributed by atoms with van der Waals surface area (Å²) >= 11 is 5.25. The first-order valence-corrected chi connectivity index (χ1v) is 9.19. The molecule has 4 heteroatoms. The standard InChI is InChI=1S/C14H23O2PS/c1-3-5-11-17(15,12-6-4-2)16-13-9-7-8-10-14(13)18/h7-9H,3-6,10-12H2,1-2H3. The lowest BCUT2D eigenvalue weighted by Crippen LogP contribution is -2.08. The van der Waals surface area contributed by atoms with Crippen LogP contribution >= 0.6 is 19.6 Å². The van der Waals surface area contributed by atoms with Crippen LogP contribution in [0.4, 0.5) is 0 Å². The van der Waals surface area contributed by atoms with Crippen LogP contribution in [0.3, 0.4) is 0 Å². The zero-order chi connectivity index (χ0) is 13.4. The molecule has 0 aromatic carbocycles. The van der Waals surface area contributed by atoms with Crippen LogP contribution in [0.2, 0.25) is 0 Å². The van der Waals surface area contributed by atoms with Gasteiger partial charge in [-0.1, -0.05) is 51.1 Å². The first-order chi connectivity index (χ1) is 8.61. The highest BCUT2D eigenvalue weighted by atomic mass is 32.1. The third-order valence-electron chi connectivity index (χ3n) is 2.93. The molecule has 0 amide bonds. The Morgan fingerprint density at radius 3 is 2.39 bits per heavy atom. The van der Waals surface area contributed by atoms with E-state index in [9.17, 15) is 4.57 Å². The molecule has 0 fully saturated rings. The smallest absolute Gasteiger partial charge is 0.248 e. The van der Waals surface area contributed by atoms with Crippen molar-refractivity contribution in [2.24, 2.45) is 0 Å². The normalized spacial score (nSPS) is 15.7. The minimum Gasteiger partial charge on any atom is -0.442 e. The Bertz CT molecular complexity index is 373. The maximum absolute atomic E-state index is 12.8. The van der Waals surface area contributed by atoms with E-state index in [4.69, 9.17) is 16.7 Å². The summed E-state index contributed by atoms with van der Waals surface area (Å²) in [6, 6.07) is 0. The van der Waals surface area contributed by atoms with Gasteiger partial charge < -0.3 is 4.52 Å². The third-order valence-corrected chi connectivity index (χ3v) is 5.82. The number of allylic oxidation sites excluding steroid dienone is 4. The van der Waals surface area contributed by atoms with Crippen molar-refractivity contribution in [2.75, 3.05) is 12.3 Å². The molecule has 0 unspecified atom stereocenters. The van der Waals surface area contributed by atoms with Crippen LogP contribution in [-0.4, -0.2) is 17.2 Å². The topological polar surface area (TPSA) is 26.3 Å². The number of rotatable bonds is 8. The molecular weight excluding hydrogens is 263 g/mol. The molecule has 1 aliphatic rings. The fourth-order valence-corrected chi connectivity index (χ4v) is 4.59. The van der Waals surface area contributed by atoms with Crippen molar-refractivity contribution in [1.29, 1.82) is 0 Å². The summed E-state index contributed by atoms with van der Waals surface area (Å²) in [7, 11) is -2.55. The molecule has 2 nitrogen and oxygen atoms in total. The fourth-order valence-electron chi connectivity index (χ4n) is 1.79. The second-order valence-corrected chi connectivity index (χ2v) is 7.85. The Kier molecular flexibility index (Phi) is 6.88. The highest BCUT2D eigenvalue weighted by molar-refractivity contribution is 7.80. The number of unbranched alkanes of at least 4 members (excludes halogenated alkanes) is 2. The van der Waals surface area contributed by atoms with Crippen molar-refractivity contribution < 1.29 is 9.09 Å². The van der Waals surface area contributed by atoms with Crippen molar-refractivity contribution >= 4 is 24.5 Å². The van der Waals surface area contributed by atoms with Crippen LogP contribution in [0.5, 0.6) is 0 Å². The van der Waals surface area contributed by atoms with Crippen LogP contribution in [0, 0.1) is 0 Å². The molecule has 0 bridgehead atoms. The van der Waals surface area contributed by atoms with Gasteiger partial charge >= 0.3 is 0 Å². The largest absolute Gasteiger partial charge is 0.442 e. The molecule has 0 aromatic rings. The summed E-state index contributed by atoms with van der Waals surface area (Å²) in [5, 5.41) is 0. The number of hydrogen-bond donors (Lipinski definition) is 0. The molecule has 1 rings (SSSR count). The molecule has 102 valence electrons. The summed E-state index contributed by atoms with van der Waals surface area (Å²) in [6.45, 7) is 4.22. The lowest BCUT2D eigenvalue weighted by atomic mass is 10.2. The van der Waals surface area contributed by atoms with Crippen molar-refractivity contribution in [3.05, 3.63) is 24.0 Å². The average Bonchev–Trinajstić information content (AvgIpc) is 2.37. The first-order valence-electron chi connectivity index (χ1n) is 6.79. The molecule has 18 heavy (non-hydrogen) atoms. The highest BCUT2D eigenvalue weighted by Gasteiger charge is 2.25. The van der Waals surface area contributed by atoms with Crippen LogP contribution in [-0.2, 0) is 9.09 Å². The van der Waals surface area contributed by atoms with E-state index in [1.54, 1.807) is 0 Å². The van der Waals surface area contributed by atoms with Crippen LogP contribution in [0.25, 0.3) is 0 Å². The second kappa shape index (κ2) is 7.91. The molecule has 0 radical (unpaired) electrons. The van der Waals surface area contributed by atoms with Crippen LogP contribution < -0.4 is 0 Å². The summed E-state index contributed by atoms with van der Waals surface area (Å²) in [6.07, 6.45) is 11.8. The van der Waals surface area contributed by atoms with Gasteiger partial charge in [-0.3, -0.25) is 4.57 Å². The van der Waals surface area contributed by atoms with E-state index in [2.05, 4.69) is 13.8 Å². The average molecular weight is 286 g/mol. The SMILES string of the molecule is CCCCP(=O)(CCCC)OC1=CC=CCC1=S. The van der Waals surface area contributed by atoms with Gasteiger partial charge in [-0.15, -0.1) is 0 Å². The van der Waals surface area contributed by atoms with Crippen molar-refractivity contribution in [1.82, 2.24) is 0 Å². The van der Waals surface area contributed by atoms with Crippen LogP contribution in [0.15, 0.2) is 24.0 Å². The van der Waals surface area contributed by atoms with E-state index in [1.165, 1.54) is 0 Å². The van der Waals surface area contributed by atoms with Gasteiger partial charge in [0.25, 0.3) is 0 Å². The van der Waals surface area contributed by atoms with Gasteiger partial charge in [0.2, 0.25) is 7.37 Å². The van der Waals surface area contributed by atoms with E-state index in [1.807, 2.05) is 18.2 Å². The van der Waals surface area contributed by atoms with Crippen LogP contribution in [0.1, 0.15) is 46.0 Å². The first kappa shape index (κ1) is 15.7. The molecule has 1 aliphatic carbocycles. The maximum atomic E-state index is 12.8. The summed E-state index contributed by atoms with van der Waals surface area (Å²) < 4.78 is 18.6. The molecule has 0 saturated heterocycles. The minimum absolute atomic E-state index is 0.656. The van der Waals surface area contributed by atoms with E-state index < -0.39 is 7.37 Å². The quantitative estimate of drug-likeness (QED) is 0.459. The zero-order valence-electron chi connectivity index (χ0n) is 11.4. The Hall–Kier alpha value is -0.400. The third kappa shape index (κ3) is 5.07. The van der Waals surface area contributed by atoms with E-state index in [0.29, 0.717) is 18.1 Å². The Balaban J connectivity index is 2.70. The van der Waals surface area contributed by atoms with Gasteiger partial charge in [-0.25, -0.2) is 0 Å². The van der Waals surface area contributed by atoms with Gasteiger partial charge in [-0.2, -0.15) is 0 Å². The van der Waals surface area contributed by atoms with Gasteiger partial charge in [0.1, 0.15) is 5.76 Å². The lowest BCUT2D eigenvalue weighted by Gasteiger charge is -2.22. The van der Waals surface area contributed by atoms with Crippen molar-refractivity contribution in [3.63, 3.8) is 0 Å². The summed E-state index contributed by atoms with van der Waals surface area (Å²) in [5.41, 5.74) is 0. The number of hydrogen-bond acceptors (Lipinski definition) is 3. The van der Waals surface area contributed by atoms with Gasteiger partial charge in [0, 0.05) is 18.7 Å². The lowest BCUT2D eigenvalue weighted by molar-refractivity contribution is 0.418. The van der Waals surface area contributed by atoms with E-state index >= 15 is 0 Å². The molecule has 0 N–H and O–H groups in total. The minimum atomic E-state index is -2.55. The molecule has 0 heterocycles. The molecule has 0 saturated carbocycles. The molecule has 0 aliphatic heterocycles. The van der Waals surface area contributed by atoms with E-state index in [-0.39, 0.29) is 0 Å². The predicted molar refractivity (Wildman–Crippen MR) is 82.7 cm³/mol. The monoisotopic (exact) mass is 286 g/mol. The second-order valence-electron chi connectivity index (χ2n) is 4.65. The Morgan fingerprint density at radius 1 is 1.28 bits per heavy atom. The maximum Gasteiger partial charge on any atom is 0.248 e. The Morgan fingerprint density at radius 2 is 1.89 bits per heavy atom. The predicted octanol–water partition coefficient (Wildman–Crippen LogP) is 5.10. The Labute approximate surface area is 116 Å². The molecular formula is C14H23O2PS. The molecule has 0 atom stereocenters. The molecule has 0 spiro atoms. The molecule has 0 aromatic heterocycles.